The monoisotopic (exact) mass is 286 g/mol. The Morgan fingerprint density at radius 2 is 1.38 bits per heavy atom. The van der Waals surface area contributed by atoms with Crippen molar-refractivity contribution in [2.24, 2.45) is 0 Å². The minimum absolute atomic E-state index is 0. The Morgan fingerprint density at radius 3 is 1.90 bits per heavy atom. The van der Waals surface area contributed by atoms with Crippen LogP contribution in [0.15, 0.2) is 66.7 Å². The van der Waals surface area contributed by atoms with Gasteiger partial charge in [0.1, 0.15) is 0 Å². The van der Waals surface area contributed by atoms with Gasteiger partial charge in [-0.15, -0.1) is 0 Å². The summed E-state index contributed by atoms with van der Waals surface area (Å²) in [6.45, 7) is 4.38. The fourth-order valence-corrected chi connectivity index (χ4v) is 5.56. The van der Waals surface area contributed by atoms with Gasteiger partial charge in [0, 0.05) is 0 Å². The van der Waals surface area contributed by atoms with Crippen LogP contribution in [0.4, 0.5) is 0 Å². The molecule has 3 rings (SSSR count). The van der Waals surface area contributed by atoms with Gasteiger partial charge in [0.2, 0.25) is 0 Å². The molecule has 0 fully saturated rings. The molecule has 0 saturated carbocycles. The number of hydrogen-bond donors (Lipinski definition) is 0. The van der Waals surface area contributed by atoms with Gasteiger partial charge in [0.15, 0.2) is 0 Å². The predicted octanol–water partition coefficient (Wildman–Crippen LogP) is -0.268. The Kier molecular flexibility index (Phi) is 4.65. The van der Waals surface area contributed by atoms with Crippen LogP contribution in [0.2, 0.25) is 13.1 Å². The minimum atomic E-state index is -2.03. The smallest absolute Gasteiger partial charge is 0.848 e. The Labute approximate surface area is 139 Å². The summed E-state index contributed by atoms with van der Waals surface area (Å²) in [7, 11) is -2.03. The Balaban J connectivity index is 0.00000161. The van der Waals surface area contributed by atoms with E-state index in [2.05, 4.69) is 37.4 Å². The van der Waals surface area contributed by atoms with Crippen molar-refractivity contribution >= 4 is 18.8 Å². The van der Waals surface area contributed by atoms with E-state index in [0.29, 0.717) is 6.42 Å². The van der Waals surface area contributed by atoms with Crippen molar-refractivity contribution in [2.45, 2.75) is 24.7 Å². The van der Waals surface area contributed by atoms with Gasteiger partial charge in [-0.2, -0.15) is 0 Å². The van der Waals surface area contributed by atoms with Crippen molar-refractivity contribution < 1.29 is 24.0 Å². The first-order valence-electron chi connectivity index (χ1n) is 7.06. The van der Waals surface area contributed by atoms with Crippen molar-refractivity contribution in [2.75, 3.05) is 0 Å². The van der Waals surface area contributed by atoms with Crippen LogP contribution in [0.1, 0.15) is 12.0 Å². The zero-order valence-corrected chi connectivity index (χ0v) is 14.0. The summed E-state index contributed by atoms with van der Waals surface area (Å²) < 4.78 is 0. The molecule has 0 saturated heterocycles. The van der Waals surface area contributed by atoms with Crippen LogP contribution in [0, 0.1) is 0 Å². The second kappa shape index (κ2) is 5.98. The van der Waals surface area contributed by atoms with Gasteiger partial charge in [0.25, 0.3) is 0 Å². The second-order valence-corrected chi connectivity index (χ2v) is 10.8. The molecule has 0 aromatic heterocycles. The normalized spacial score (nSPS) is 21.0. The van der Waals surface area contributed by atoms with E-state index in [1.807, 2.05) is 42.5 Å². The molecule has 3 heteroatoms. The molecule has 1 nitrogen and oxygen atoms in total. The molecule has 1 aliphatic carbocycles. The summed E-state index contributed by atoms with van der Waals surface area (Å²) in [4.78, 5) is 0. The Hall–Kier alpha value is -1.05. The van der Waals surface area contributed by atoms with Crippen LogP contribution in [0.5, 0.6) is 0 Å². The van der Waals surface area contributed by atoms with Crippen LogP contribution in [-0.2, 0) is 0 Å². The van der Waals surface area contributed by atoms with Gasteiger partial charge in [-0.05, 0) is 17.6 Å². The number of benzene rings is 2. The molecule has 102 valence electrons. The van der Waals surface area contributed by atoms with Gasteiger partial charge < -0.3 is 5.11 Å². The van der Waals surface area contributed by atoms with Gasteiger partial charge in [-0.25, -0.2) is 0 Å². The fourth-order valence-electron chi connectivity index (χ4n) is 2.87. The van der Waals surface area contributed by atoms with E-state index in [1.54, 1.807) is 0 Å². The zero-order chi connectivity index (χ0) is 14.2. The Morgan fingerprint density at radius 1 is 0.905 bits per heavy atom. The van der Waals surface area contributed by atoms with E-state index in [0.717, 1.165) is 0 Å². The molecule has 1 atom stereocenters. The fraction of sp³-hybridized carbons (Fsp3) is 0.222. The standard InChI is InChI=1S/C18H19OSi.Li/c1-20(2,17-11-7-4-8-12-17)18(19)13-16(14-18)15-9-5-3-6-10-15;/h3-13H,14H2,1-2H3;/q-1;+1. The van der Waals surface area contributed by atoms with Crippen LogP contribution in [-0.4, -0.2) is 13.3 Å². The van der Waals surface area contributed by atoms with Gasteiger partial charge in [-0.3, -0.25) is 0 Å². The van der Waals surface area contributed by atoms with Crippen LogP contribution >= 0.6 is 0 Å². The summed E-state index contributed by atoms with van der Waals surface area (Å²) >= 11 is 0. The first-order chi connectivity index (χ1) is 9.53. The second-order valence-electron chi connectivity index (χ2n) is 6.09. The van der Waals surface area contributed by atoms with Gasteiger partial charge >= 0.3 is 18.9 Å². The molecule has 1 aliphatic rings. The van der Waals surface area contributed by atoms with Crippen molar-refractivity contribution in [1.29, 1.82) is 0 Å². The number of hydrogen-bond acceptors (Lipinski definition) is 1. The molecule has 2 aromatic carbocycles. The first-order valence-corrected chi connectivity index (χ1v) is 10.1. The molecular weight excluding hydrogens is 267 g/mol. The largest absolute Gasteiger partial charge is 1.00 e. The van der Waals surface area contributed by atoms with Crippen molar-refractivity contribution in [1.82, 2.24) is 0 Å². The maximum Gasteiger partial charge on any atom is 1.00 e. The first kappa shape index (κ1) is 16.3. The maximum absolute atomic E-state index is 13.1. The average molecular weight is 286 g/mol. The van der Waals surface area contributed by atoms with Crippen LogP contribution in [0.3, 0.4) is 0 Å². The summed E-state index contributed by atoms with van der Waals surface area (Å²) in [5.74, 6) is 0. The van der Waals surface area contributed by atoms with E-state index >= 15 is 0 Å². The molecule has 0 spiro atoms. The summed E-state index contributed by atoms with van der Waals surface area (Å²) in [6.07, 6.45) is 2.63. The summed E-state index contributed by atoms with van der Waals surface area (Å²) in [6, 6.07) is 20.5. The molecule has 0 bridgehead atoms. The molecule has 0 heterocycles. The summed E-state index contributed by atoms with van der Waals surface area (Å²) in [5, 5.41) is 13.5. The third-order valence-electron chi connectivity index (χ3n) is 4.56. The quantitative estimate of drug-likeness (QED) is 0.713. The average Bonchev–Trinajstić information content (AvgIpc) is 2.45. The maximum atomic E-state index is 13.1. The minimum Gasteiger partial charge on any atom is -0.848 e. The van der Waals surface area contributed by atoms with E-state index in [4.69, 9.17) is 0 Å². The molecule has 2 aromatic rings. The molecule has 1 unspecified atom stereocenters. The SMILES string of the molecule is C[Si](C)(c1ccccc1)C1([O-])C=C(c2ccccc2)C1.[Li+]. The van der Waals surface area contributed by atoms with Crippen molar-refractivity contribution in [3.05, 3.63) is 72.3 Å². The topological polar surface area (TPSA) is 23.1 Å². The third-order valence-corrected chi connectivity index (χ3v) is 8.77. The number of rotatable bonds is 3. The molecule has 0 N–H and O–H groups in total. The van der Waals surface area contributed by atoms with E-state index < -0.39 is 13.3 Å². The zero-order valence-electron chi connectivity index (χ0n) is 13.0. The van der Waals surface area contributed by atoms with E-state index in [-0.39, 0.29) is 18.9 Å². The molecule has 21 heavy (non-hydrogen) atoms. The molecule has 0 aliphatic heterocycles. The van der Waals surface area contributed by atoms with Crippen molar-refractivity contribution in [3.8, 4) is 0 Å². The van der Waals surface area contributed by atoms with Crippen LogP contribution < -0.4 is 29.2 Å². The van der Waals surface area contributed by atoms with Crippen LogP contribution in [0.25, 0.3) is 5.57 Å². The van der Waals surface area contributed by atoms with Crippen molar-refractivity contribution in [3.63, 3.8) is 0 Å². The van der Waals surface area contributed by atoms with E-state index in [9.17, 15) is 5.11 Å². The molecule has 0 amide bonds. The molecular formula is C18H19LiOSi. The van der Waals surface area contributed by atoms with E-state index in [1.165, 1.54) is 16.3 Å². The predicted molar refractivity (Wildman–Crippen MR) is 85.3 cm³/mol. The van der Waals surface area contributed by atoms with Gasteiger partial charge in [0.05, 0.1) is 8.07 Å². The van der Waals surface area contributed by atoms with Gasteiger partial charge in [-0.1, -0.05) is 90.2 Å². The molecule has 0 radical (unpaired) electrons. The third kappa shape index (κ3) is 2.82. The Bertz CT molecular complexity index is 637. The summed E-state index contributed by atoms with van der Waals surface area (Å²) in [5.41, 5.74) is 2.40.